The molecule has 1 aromatic carbocycles. The van der Waals surface area contributed by atoms with Gasteiger partial charge in [-0.15, -0.1) is 11.3 Å². The van der Waals surface area contributed by atoms with Crippen LogP contribution < -0.4 is 5.32 Å². The number of amides is 1. The Morgan fingerprint density at radius 1 is 1.17 bits per heavy atom. The van der Waals surface area contributed by atoms with Crippen molar-refractivity contribution in [2.45, 2.75) is 19.3 Å². The number of carbonyl (C=O) groups excluding carboxylic acids is 1. The molecule has 0 spiro atoms. The fraction of sp³-hybridized carbons (Fsp3) is 0.150. The first-order valence-corrected chi connectivity index (χ1v) is 10.6. The lowest BCUT2D eigenvalue weighted by Gasteiger charge is -2.02. The Labute approximate surface area is 186 Å². The summed E-state index contributed by atoms with van der Waals surface area (Å²) in [4.78, 5) is 25.7. The molecular formula is C20H15Cl2N5O2S. The molecule has 0 unspecified atom stereocenters. The molecule has 0 aliphatic rings. The van der Waals surface area contributed by atoms with Gasteiger partial charge in [0.05, 0.1) is 0 Å². The van der Waals surface area contributed by atoms with Gasteiger partial charge in [-0.05, 0) is 35.9 Å². The van der Waals surface area contributed by atoms with E-state index in [1.54, 1.807) is 42.9 Å². The standard InChI is InChI=1S/C20H15Cl2N5O2S/c21-14-1-2-16(22)13(9-14)10-15-11-24-20(30-15)25-17(28)3-4-18-26-19(27-29-18)12-5-7-23-8-6-12/h1-2,5-9,11H,3-4,10H2,(H,24,25,28). The van der Waals surface area contributed by atoms with Gasteiger partial charge in [0.25, 0.3) is 0 Å². The molecule has 1 N–H and O–H groups in total. The summed E-state index contributed by atoms with van der Waals surface area (Å²) in [5.74, 6) is 0.685. The molecule has 4 rings (SSSR count). The molecule has 3 heterocycles. The second kappa shape index (κ2) is 9.34. The van der Waals surface area contributed by atoms with Gasteiger partial charge >= 0.3 is 0 Å². The summed E-state index contributed by atoms with van der Waals surface area (Å²) in [5.41, 5.74) is 1.71. The zero-order valence-electron chi connectivity index (χ0n) is 15.5. The minimum atomic E-state index is -0.180. The zero-order valence-corrected chi connectivity index (χ0v) is 17.8. The van der Waals surface area contributed by atoms with Crippen LogP contribution in [0.25, 0.3) is 11.4 Å². The zero-order chi connectivity index (χ0) is 20.9. The number of nitrogens with zero attached hydrogens (tertiary/aromatic N) is 4. The maximum absolute atomic E-state index is 12.2. The van der Waals surface area contributed by atoms with Crippen molar-refractivity contribution in [3.8, 4) is 11.4 Å². The number of hydrogen-bond acceptors (Lipinski definition) is 7. The number of thiazole rings is 1. The second-order valence-electron chi connectivity index (χ2n) is 6.34. The molecule has 4 aromatic rings. The molecule has 152 valence electrons. The van der Waals surface area contributed by atoms with Gasteiger partial charge in [-0.1, -0.05) is 28.4 Å². The average molecular weight is 460 g/mol. The van der Waals surface area contributed by atoms with E-state index in [2.05, 4.69) is 25.4 Å². The first kappa shape index (κ1) is 20.5. The van der Waals surface area contributed by atoms with E-state index in [0.29, 0.717) is 39.7 Å². The normalized spacial score (nSPS) is 10.9. The molecule has 0 bridgehead atoms. The number of aromatic nitrogens is 4. The number of benzene rings is 1. The predicted molar refractivity (Wildman–Crippen MR) is 116 cm³/mol. The summed E-state index contributed by atoms with van der Waals surface area (Å²) in [7, 11) is 0. The summed E-state index contributed by atoms with van der Waals surface area (Å²) >= 11 is 13.6. The van der Waals surface area contributed by atoms with Crippen LogP contribution in [0.2, 0.25) is 10.0 Å². The van der Waals surface area contributed by atoms with Crippen molar-refractivity contribution >= 4 is 45.6 Å². The van der Waals surface area contributed by atoms with Gasteiger partial charge in [0.15, 0.2) is 5.13 Å². The van der Waals surface area contributed by atoms with Gasteiger partial charge in [0.1, 0.15) is 0 Å². The lowest BCUT2D eigenvalue weighted by molar-refractivity contribution is -0.116. The molecule has 7 nitrogen and oxygen atoms in total. The van der Waals surface area contributed by atoms with E-state index in [4.69, 9.17) is 27.7 Å². The molecule has 0 radical (unpaired) electrons. The maximum Gasteiger partial charge on any atom is 0.227 e. The fourth-order valence-corrected chi connectivity index (χ4v) is 3.92. The van der Waals surface area contributed by atoms with E-state index >= 15 is 0 Å². The summed E-state index contributed by atoms with van der Waals surface area (Å²) in [6.45, 7) is 0. The summed E-state index contributed by atoms with van der Waals surface area (Å²) in [6.07, 6.45) is 6.15. The number of anilines is 1. The molecule has 0 saturated carbocycles. The van der Waals surface area contributed by atoms with Crippen LogP contribution in [0, 0.1) is 0 Å². The second-order valence-corrected chi connectivity index (χ2v) is 8.30. The molecule has 0 saturated heterocycles. The lowest BCUT2D eigenvalue weighted by atomic mass is 10.1. The molecule has 0 aliphatic carbocycles. The van der Waals surface area contributed by atoms with E-state index in [0.717, 1.165) is 16.0 Å². The minimum absolute atomic E-state index is 0.180. The summed E-state index contributed by atoms with van der Waals surface area (Å²) in [5, 5.41) is 8.52. The fourth-order valence-electron chi connectivity index (χ4n) is 2.69. The third kappa shape index (κ3) is 5.21. The molecule has 30 heavy (non-hydrogen) atoms. The SMILES string of the molecule is O=C(CCc1nc(-c2ccncc2)no1)Nc1ncc(Cc2cc(Cl)ccc2Cl)s1. The lowest BCUT2D eigenvalue weighted by Crippen LogP contribution is -2.12. The molecule has 0 fully saturated rings. The van der Waals surface area contributed by atoms with Gasteiger partial charge in [-0.25, -0.2) is 4.98 Å². The maximum atomic E-state index is 12.2. The smallest absolute Gasteiger partial charge is 0.227 e. The Hall–Kier alpha value is -2.81. The highest BCUT2D eigenvalue weighted by molar-refractivity contribution is 7.15. The van der Waals surface area contributed by atoms with Gasteiger partial charge in [-0.2, -0.15) is 4.98 Å². The Morgan fingerprint density at radius 3 is 2.83 bits per heavy atom. The Kier molecular flexibility index (Phi) is 6.37. The topological polar surface area (TPSA) is 93.8 Å². The number of carbonyl (C=O) groups is 1. The quantitative estimate of drug-likeness (QED) is 0.415. The third-order valence-corrected chi connectivity index (χ3v) is 5.66. The van der Waals surface area contributed by atoms with Crippen LogP contribution in [-0.4, -0.2) is 26.0 Å². The highest BCUT2D eigenvalue weighted by Gasteiger charge is 2.13. The van der Waals surface area contributed by atoms with Gasteiger partial charge < -0.3 is 9.84 Å². The Balaban J connectivity index is 1.31. The van der Waals surface area contributed by atoms with Gasteiger partial charge in [0, 0.05) is 58.3 Å². The third-order valence-electron chi connectivity index (χ3n) is 4.14. The largest absolute Gasteiger partial charge is 0.339 e. The van der Waals surface area contributed by atoms with Crippen molar-refractivity contribution < 1.29 is 9.32 Å². The highest BCUT2D eigenvalue weighted by Crippen LogP contribution is 2.27. The number of hydrogen-bond donors (Lipinski definition) is 1. The van der Waals surface area contributed by atoms with Crippen LogP contribution in [0.15, 0.2) is 53.4 Å². The van der Waals surface area contributed by atoms with Crippen LogP contribution in [0.4, 0.5) is 5.13 Å². The molecular weight excluding hydrogens is 445 g/mol. The molecule has 10 heteroatoms. The van der Waals surface area contributed by atoms with E-state index in [9.17, 15) is 4.79 Å². The van der Waals surface area contributed by atoms with Crippen LogP contribution in [0.3, 0.4) is 0 Å². The van der Waals surface area contributed by atoms with Crippen LogP contribution in [-0.2, 0) is 17.6 Å². The molecule has 0 atom stereocenters. The Bertz CT molecular complexity index is 1160. The number of halogens is 2. The first-order chi connectivity index (χ1) is 14.6. The molecule has 3 aromatic heterocycles. The minimum Gasteiger partial charge on any atom is -0.339 e. The van der Waals surface area contributed by atoms with Crippen molar-refractivity contribution in [3.63, 3.8) is 0 Å². The predicted octanol–water partition coefficient (Wildman–Crippen LogP) is 5.06. The van der Waals surface area contributed by atoms with E-state index in [-0.39, 0.29) is 12.3 Å². The number of aryl methyl sites for hydroxylation is 1. The van der Waals surface area contributed by atoms with E-state index in [1.165, 1.54) is 11.3 Å². The van der Waals surface area contributed by atoms with Crippen molar-refractivity contribution in [1.29, 1.82) is 0 Å². The van der Waals surface area contributed by atoms with Crippen molar-refractivity contribution in [2.75, 3.05) is 5.32 Å². The molecule has 0 aliphatic heterocycles. The Morgan fingerprint density at radius 2 is 2.00 bits per heavy atom. The summed E-state index contributed by atoms with van der Waals surface area (Å²) < 4.78 is 5.21. The van der Waals surface area contributed by atoms with Crippen molar-refractivity contribution in [3.05, 3.63) is 75.3 Å². The number of rotatable bonds is 7. The van der Waals surface area contributed by atoms with Crippen LogP contribution in [0.5, 0.6) is 0 Å². The van der Waals surface area contributed by atoms with Gasteiger partial charge in [-0.3, -0.25) is 9.78 Å². The van der Waals surface area contributed by atoms with Crippen LogP contribution >= 0.6 is 34.5 Å². The van der Waals surface area contributed by atoms with Crippen molar-refractivity contribution in [2.24, 2.45) is 0 Å². The highest BCUT2D eigenvalue weighted by atomic mass is 35.5. The molecule has 1 amide bonds. The monoisotopic (exact) mass is 459 g/mol. The van der Waals surface area contributed by atoms with Crippen molar-refractivity contribution in [1.82, 2.24) is 20.1 Å². The summed E-state index contributed by atoms with van der Waals surface area (Å²) in [6, 6.07) is 8.91. The average Bonchev–Trinajstić information content (AvgIpc) is 3.39. The number of nitrogens with one attached hydrogen (secondary N) is 1. The van der Waals surface area contributed by atoms with Crippen LogP contribution in [0.1, 0.15) is 22.8 Å². The van der Waals surface area contributed by atoms with Gasteiger partial charge in [0.2, 0.25) is 17.6 Å². The number of pyridine rings is 1. The van der Waals surface area contributed by atoms with E-state index < -0.39 is 0 Å². The van der Waals surface area contributed by atoms with E-state index in [1.807, 2.05) is 6.07 Å². The first-order valence-electron chi connectivity index (χ1n) is 8.98.